The van der Waals surface area contributed by atoms with Gasteiger partial charge >= 0.3 is 0 Å². The fraction of sp³-hybridized carbons (Fsp3) is 0.444. The average Bonchev–Trinajstić information content (AvgIpc) is 3.19. The Balaban J connectivity index is 1.94. The number of benzene rings is 1. The molecule has 0 aliphatic heterocycles. The van der Waals surface area contributed by atoms with Crippen molar-refractivity contribution in [1.82, 2.24) is 20.4 Å². The Bertz CT molecular complexity index is 789. The summed E-state index contributed by atoms with van der Waals surface area (Å²) in [5.74, 6) is 1.18. The van der Waals surface area contributed by atoms with Gasteiger partial charge in [0.15, 0.2) is 0 Å². The van der Waals surface area contributed by atoms with E-state index in [1.807, 2.05) is 6.92 Å². The Morgan fingerprint density at radius 1 is 1.18 bits per heavy atom. The highest BCUT2D eigenvalue weighted by Crippen LogP contribution is 2.30. The maximum Gasteiger partial charge on any atom is 0.277 e. The Hall–Kier alpha value is -2.75. The van der Waals surface area contributed by atoms with Gasteiger partial charge < -0.3 is 24.1 Å². The minimum atomic E-state index is -0.209. The number of aromatic nitrogens is 2. The summed E-state index contributed by atoms with van der Waals surface area (Å²) in [7, 11) is 4.69. The van der Waals surface area contributed by atoms with Gasteiger partial charge in [-0.25, -0.2) is 0 Å². The van der Waals surface area contributed by atoms with Crippen LogP contribution in [0.2, 0.25) is 0 Å². The normalized spacial score (nSPS) is 10.4. The first kappa shape index (κ1) is 21.5. The van der Waals surface area contributed by atoms with Crippen molar-refractivity contribution in [3.63, 3.8) is 0 Å². The number of carbonyl (C=O) groups excluding carboxylic acids is 2. The lowest BCUT2D eigenvalue weighted by molar-refractivity contribution is -0.132. The second kappa shape index (κ2) is 10.5. The average molecular weight is 408 g/mol. The van der Waals surface area contributed by atoms with Gasteiger partial charge in [-0.3, -0.25) is 9.59 Å². The molecule has 10 heteroatoms. The summed E-state index contributed by atoms with van der Waals surface area (Å²) in [6.45, 7) is 2.57. The first-order valence-corrected chi connectivity index (χ1v) is 9.65. The first-order valence-electron chi connectivity index (χ1n) is 8.67. The van der Waals surface area contributed by atoms with Gasteiger partial charge in [0.2, 0.25) is 17.7 Å². The van der Waals surface area contributed by atoms with Gasteiger partial charge in [-0.2, -0.15) is 0 Å². The lowest BCUT2D eigenvalue weighted by Crippen LogP contribution is -2.39. The molecule has 1 heterocycles. The smallest absolute Gasteiger partial charge is 0.277 e. The van der Waals surface area contributed by atoms with Crippen molar-refractivity contribution in [2.45, 2.75) is 18.6 Å². The molecule has 0 saturated heterocycles. The van der Waals surface area contributed by atoms with Crippen molar-refractivity contribution in [3.05, 3.63) is 18.2 Å². The number of thioether (sulfide) groups is 1. The van der Waals surface area contributed by atoms with E-state index in [1.54, 1.807) is 39.5 Å². The van der Waals surface area contributed by atoms with Gasteiger partial charge in [0.05, 0.1) is 26.5 Å². The van der Waals surface area contributed by atoms with Crippen molar-refractivity contribution < 1.29 is 23.5 Å². The van der Waals surface area contributed by atoms with E-state index in [0.29, 0.717) is 29.5 Å². The number of likely N-dealkylation sites (N-methyl/N-ethyl adjacent to an activating group) is 1. The van der Waals surface area contributed by atoms with Gasteiger partial charge in [-0.15, -0.1) is 10.2 Å². The van der Waals surface area contributed by atoms with E-state index < -0.39 is 0 Å². The largest absolute Gasteiger partial charge is 0.497 e. The Morgan fingerprint density at radius 2 is 1.86 bits per heavy atom. The van der Waals surface area contributed by atoms with Crippen molar-refractivity contribution in [2.24, 2.45) is 0 Å². The third-order valence-corrected chi connectivity index (χ3v) is 4.51. The molecule has 0 bridgehead atoms. The molecule has 9 nitrogen and oxygen atoms in total. The molecule has 2 aromatic rings. The number of hydrogen-bond donors (Lipinski definition) is 1. The topological polar surface area (TPSA) is 107 Å². The summed E-state index contributed by atoms with van der Waals surface area (Å²) in [5, 5.41) is 10.9. The van der Waals surface area contributed by atoms with E-state index in [2.05, 4.69) is 15.5 Å². The van der Waals surface area contributed by atoms with Crippen LogP contribution in [-0.4, -0.2) is 67.0 Å². The van der Waals surface area contributed by atoms with Crippen LogP contribution in [0.3, 0.4) is 0 Å². The van der Waals surface area contributed by atoms with Crippen LogP contribution < -0.4 is 14.8 Å². The zero-order valence-corrected chi connectivity index (χ0v) is 17.2. The van der Waals surface area contributed by atoms with Crippen LogP contribution in [0.5, 0.6) is 11.5 Å². The van der Waals surface area contributed by atoms with Gasteiger partial charge in [-0.1, -0.05) is 18.7 Å². The number of ether oxygens (including phenoxy) is 2. The van der Waals surface area contributed by atoms with Gasteiger partial charge in [0.1, 0.15) is 11.5 Å². The summed E-state index contributed by atoms with van der Waals surface area (Å²) < 4.78 is 16.1. The molecule has 0 spiro atoms. The van der Waals surface area contributed by atoms with Crippen molar-refractivity contribution in [1.29, 1.82) is 0 Å². The predicted octanol–water partition coefficient (Wildman–Crippen LogP) is 1.83. The van der Waals surface area contributed by atoms with Crippen molar-refractivity contribution in [3.8, 4) is 23.0 Å². The van der Waals surface area contributed by atoms with E-state index in [0.717, 1.165) is 18.2 Å². The van der Waals surface area contributed by atoms with Crippen LogP contribution in [0.4, 0.5) is 0 Å². The molecule has 28 heavy (non-hydrogen) atoms. The summed E-state index contributed by atoms with van der Waals surface area (Å²) in [6.07, 6.45) is 0.845. The van der Waals surface area contributed by atoms with Gasteiger partial charge in [0, 0.05) is 25.2 Å². The van der Waals surface area contributed by atoms with E-state index in [4.69, 9.17) is 13.9 Å². The van der Waals surface area contributed by atoms with E-state index in [1.165, 1.54) is 4.90 Å². The maximum absolute atomic E-state index is 12.2. The van der Waals surface area contributed by atoms with Crippen LogP contribution in [0.1, 0.15) is 13.3 Å². The van der Waals surface area contributed by atoms with Crippen LogP contribution in [0.25, 0.3) is 11.5 Å². The zero-order chi connectivity index (χ0) is 20.5. The highest BCUT2D eigenvalue weighted by molar-refractivity contribution is 7.99. The minimum Gasteiger partial charge on any atom is -0.497 e. The fourth-order valence-electron chi connectivity index (χ4n) is 2.17. The molecule has 0 unspecified atom stereocenters. The van der Waals surface area contributed by atoms with Crippen LogP contribution in [0.15, 0.2) is 27.8 Å². The Morgan fingerprint density at radius 3 is 2.46 bits per heavy atom. The molecule has 1 aromatic heterocycles. The molecule has 2 amide bonds. The number of carbonyl (C=O) groups is 2. The SMILES string of the molecule is CCCNC(=O)CN(C)C(=O)CSc1nnc(-c2cc(OC)cc(OC)c2)o1. The zero-order valence-electron chi connectivity index (χ0n) is 16.4. The quantitative estimate of drug-likeness (QED) is 0.594. The summed E-state index contributed by atoms with van der Waals surface area (Å²) in [4.78, 5) is 25.2. The second-order valence-electron chi connectivity index (χ2n) is 5.86. The Labute approximate surface area is 167 Å². The number of nitrogens with one attached hydrogen (secondary N) is 1. The minimum absolute atomic E-state index is 0.0120. The Kier molecular flexibility index (Phi) is 8.12. The molecule has 0 atom stereocenters. The van der Waals surface area contributed by atoms with Gasteiger partial charge in [-0.05, 0) is 18.6 Å². The molecule has 2 rings (SSSR count). The van der Waals surface area contributed by atoms with E-state index in [-0.39, 0.29) is 29.3 Å². The summed E-state index contributed by atoms with van der Waals surface area (Å²) in [5.41, 5.74) is 0.645. The molecule has 152 valence electrons. The van der Waals surface area contributed by atoms with Crippen LogP contribution >= 0.6 is 11.8 Å². The molecular weight excluding hydrogens is 384 g/mol. The number of rotatable bonds is 10. The third kappa shape index (κ3) is 6.15. The molecule has 1 N–H and O–H groups in total. The highest BCUT2D eigenvalue weighted by Gasteiger charge is 2.16. The molecule has 0 fully saturated rings. The lowest BCUT2D eigenvalue weighted by atomic mass is 10.2. The first-order chi connectivity index (χ1) is 13.5. The van der Waals surface area contributed by atoms with E-state index >= 15 is 0 Å². The summed E-state index contributed by atoms with van der Waals surface area (Å²) >= 11 is 1.11. The molecular formula is C18H24N4O5S. The summed E-state index contributed by atoms with van der Waals surface area (Å²) in [6, 6.07) is 5.23. The molecule has 0 aliphatic carbocycles. The van der Waals surface area contributed by atoms with Crippen LogP contribution in [0, 0.1) is 0 Å². The fourth-order valence-corrected chi connectivity index (χ4v) is 2.88. The maximum atomic E-state index is 12.2. The predicted molar refractivity (Wildman–Crippen MR) is 104 cm³/mol. The van der Waals surface area contributed by atoms with E-state index in [9.17, 15) is 9.59 Å². The molecule has 0 radical (unpaired) electrons. The number of amides is 2. The van der Waals surface area contributed by atoms with Crippen molar-refractivity contribution >= 4 is 23.6 Å². The number of methoxy groups -OCH3 is 2. The van der Waals surface area contributed by atoms with Gasteiger partial charge in [0.25, 0.3) is 5.22 Å². The van der Waals surface area contributed by atoms with Crippen molar-refractivity contribution in [2.75, 3.05) is 40.1 Å². The third-order valence-electron chi connectivity index (χ3n) is 3.70. The highest BCUT2D eigenvalue weighted by atomic mass is 32.2. The second-order valence-corrected chi connectivity index (χ2v) is 6.79. The molecule has 0 aliphatic rings. The molecule has 0 saturated carbocycles. The molecule has 1 aromatic carbocycles. The number of hydrogen-bond acceptors (Lipinski definition) is 8. The lowest BCUT2D eigenvalue weighted by Gasteiger charge is -2.15. The van der Waals surface area contributed by atoms with Crippen LogP contribution in [-0.2, 0) is 9.59 Å². The monoisotopic (exact) mass is 408 g/mol. The number of nitrogens with zero attached hydrogens (tertiary/aromatic N) is 3. The standard InChI is InChI=1S/C18H24N4O5S/c1-5-6-19-15(23)10-22(2)16(24)11-28-18-21-20-17(27-18)12-7-13(25-3)9-14(8-12)26-4/h7-9H,5-6,10-11H2,1-4H3,(H,19,23).